The number of hydrogen-bond acceptors (Lipinski definition) is 5. The van der Waals surface area contributed by atoms with E-state index in [1.807, 2.05) is 0 Å². The monoisotopic (exact) mass is 373 g/mol. The molecule has 0 radical (unpaired) electrons. The Kier molecular flexibility index (Phi) is 5.41. The number of aryl methyl sites for hydroxylation is 1. The summed E-state index contributed by atoms with van der Waals surface area (Å²) in [5, 5.41) is 14.8. The number of carbonyl (C=O) groups is 1. The number of aliphatic hydroxyl groups excluding tert-OH is 1. The van der Waals surface area contributed by atoms with E-state index < -0.39 is 29.4 Å². The largest absolute Gasteiger partial charge is 0.389 e. The van der Waals surface area contributed by atoms with Crippen LogP contribution in [0.5, 0.6) is 0 Å². The van der Waals surface area contributed by atoms with Gasteiger partial charge in [-0.1, -0.05) is 0 Å². The second-order valence-electron chi connectivity index (χ2n) is 6.74. The molecule has 1 amide bonds. The van der Waals surface area contributed by atoms with Crippen LogP contribution in [0.4, 0.5) is 0 Å². The third-order valence-electron chi connectivity index (χ3n) is 5.10. The number of nitrogens with one attached hydrogen (secondary N) is 1. The quantitative estimate of drug-likeness (QED) is 0.727. The van der Waals surface area contributed by atoms with Crippen LogP contribution in [-0.2, 0) is 11.8 Å². The number of nitrogens with zero attached hydrogens (tertiary/aromatic N) is 4. The number of amides is 1. The average molecular weight is 373 g/mol. The van der Waals surface area contributed by atoms with Gasteiger partial charge in [0.15, 0.2) is 0 Å². The molecule has 9 heteroatoms. The van der Waals surface area contributed by atoms with Crippen molar-refractivity contribution >= 4 is 12.0 Å². The van der Waals surface area contributed by atoms with Gasteiger partial charge in [0, 0.05) is 38.6 Å². The Hall–Kier alpha value is -2.94. The van der Waals surface area contributed by atoms with E-state index in [4.69, 9.17) is 0 Å². The molecule has 3 rings (SSSR count). The summed E-state index contributed by atoms with van der Waals surface area (Å²) in [6, 6.07) is 2.12. The maximum absolute atomic E-state index is 12.5. The molecule has 1 aliphatic carbocycles. The molecule has 144 valence electrons. The van der Waals surface area contributed by atoms with Crippen molar-refractivity contribution in [2.45, 2.75) is 37.5 Å². The van der Waals surface area contributed by atoms with Crippen molar-refractivity contribution in [3.05, 3.63) is 57.1 Å². The van der Waals surface area contributed by atoms with Crippen molar-refractivity contribution < 1.29 is 9.90 Å². The molecule has 2 aromatic rings. The van der Waals surface area contributed by atoms with E-state index in [0.717, 1.165) is 12.1 Å². The zero-order valence-corrected chi connectivity index (χ0v) is 15.3. The smallest absolute Gasteiger partial charge is 0.328 e. The third-order valence-corrected chi connectivity index (χ3v) is 5.10. The second kappa shape index (κ2) is 7.75. The Morgan fingerprint density at radius 1 is 1.37 bits per heavy atom. The van der Waals surface area contributed by atoms with Crippen molar-refractivity contribution in [1.29, 1.82) is 0 Å². The molecule has 0 aliphatic heterocycles. The second-order valence-corrected chi connectivity index (χ2v) is 6.74. The third kappa shape index (κ3) is 3.92. The standard InChI is InChI=1S/C18H23N5O4/c1-21(16(25)7-6-12-8-10-19-22(12)2)13-4-3-5-14(17(13)26)23-11-9-15(24)20-18(23)27/h6-11,13-14,17,26H,3-5H2,1-2H3,(H,20,24,27)/b7-6+/t13-,14-,17-/m0/s1. The fourth-order valence-electron chi connectivity index (χ4n) is 3.53. The van der Waals surface area contributed by atoms with Crippen molar-refractivity contribution in [3.63, 3.8) is 0 Å². The number of aromatic nitrogens is 4. The fraction of sp³-hybridized carbons (Fsp3) is 0.444. The van der Waals surface area contributed by atoms with E-state index in [9.17, 15) is 19.5 Å². The van der Waals surface area contributed by atoms with Crippen molar-refractivity contribution in [3.8, 4) is 0 Å². The van der Waals surface area contributed by atoms with Crippen LogP contribution in [-0.4, -0.2) is 54.4 Å². The number of hydrogen-bond donors (Lipinski definition) is 2. The highest BCUT2D eigenvalue weighted by molar-refractivity contribution is 5.91. The van der Waals surface area contributed by atoms with Crippen LogP contribution in [0.2, 0.25) is 0 Å². The van der Waals surface area contributed by atoms with Gasteiger partial charge in [0.1, 0.15) is 0 Å². The lowest BCUT2D eigenvalue weighted by atomic mass is 9.87. The first-order valence-corrected chi connectivity index (χ1v) is 8.81. The molecule has 1 saturated carbocycles. The van der Waals surface area contributed by atoms with E-state index in [2.05, 4.69) is 10.1 Å². The molecule has 0 bridgehead atoms. The Bertz CT molecular complexity index is 957. The summed E-state index contributed by atoms with van der Waals surface area (Å²) in [6.07, 6.45) is 7.22. The molecule has 0 unspecified atom stereocenters. The van der Waals surface area contributed by atoms with E-state index in [1.165, 1.54) is 27.8 Å². The van der Waals surface area contributed by atoms with Gasteiger partial charge >= 0.3 is 5.69 Å². The molecular weight excluding hydrogens is 350 g/mol. The van der Waals surface area contributed by atoms with Crippen molar-refractivity contribution in [2.75, 3.05) is 7.05 Å². The zero-order valence-electron chi connectivity index (χ0n) is 15.3. The Labute approximate surface area is 155 Å². The average Bonchev–Trinajstić information content (AvgIpc) is 3.05. The Balaban J connectivity index is 1.76. The normalized spacial score (nSPS) is 22.9. The highest BCUT2D eigenvalue weighted by atomic mass is 16.3. The topological polar surface area (TPSA) is 113 Å². The van der Waals surface area contributed by atoms with Gasteiger partial charge in [-0.05, 0) is 31.4 Å². The van der Waals surface area contributed by atoms with Crippen LogP contribution < -0.4 is 11.2 Å². The van der Waals surface area contributed by atoms with E-state index in [-0.39, 0.29) is 5.91 Å². The zero-order chi connectivity index (χ0) is 19.6. The van der Waals surface area contributed by atoms with Crippen LogP contribution in [0.3, 0.4) is 0 Å². The lowest BCUT2D eigenvalue weighted by molar-refractivity contribution is -0.131. The minimum Gasteiger partial charge on any atom is -0.389 e. The molecule has 2 N–H and O–H groups in total. The van der Waals surface area contributed by atoms with E-state index >= 15 is 0 Å². The van der Waals surface area contributed by atoms with E-state index in [0.29, 0.717) is 12.8 Å². The molecule has 0 aromatic carbocycles. The van der Waals surface area contributed by atoms with Crippen molar-refractivity contribution in [1.82, 2.24) is 24.2 Å². The first kappa shape index (κ1) is 18.8. The number of carbonyl (C=O) groups excluding carboxylic acids is 1. The SMILES string of the molecule is CN(C(=O)/C=C/c1ccnn1C)[C@H]1CCC[C@H](n2ccc(=O)[nH]c2=O)[C@H]1O. The lowest BCUT2D eigenvalue weighted by Gasteiger charge is -2.39. The van der Waals surface area contributed by atoms with Gasteiger partial charge in [-0.2, -0.15) is 5.10 Å². The molecule has 0 spiro atoms. The minimum absolute atomic E-state index is 0.241. The fourth-order valence-corrected chi connectivity index (χ4v) is 3.53. The van der Waals surface area contributed by atoms with Crippen molar-refractivity contribution in [2.24, 2.45) is 7.05 Å². The molecule has 1 aliphatic rings. The highest BCUT2D eigenvalue weighted by Gasteiger charge is 2.36. The van der Waals surface area contributed by atoms with Gasteiger partial charge in [-0.15, -0.1) is 0 Å². The summed E-state index contributed by atoms with van der Waals surface area (Å²) in [5.74, 6) is -0.241. The molecule has 3 atom stereocenters. The maximum atomic E-state index is 12.5. The van der Waals surface area contributed by atoms with Gasteiger partial charge in [0.25, 0.3) is 5.56 Å². The summed E-state index contributed by atoms with van der Waals surface area (Å²) in [7, 11) is 3.42. The lowest BCUT2D eigenvalue weighted by Crippen LogP contribution is -2.51. The molecule has 9 nitrogen and oxygen atoms in total. The molecule has 0 saturated heterocycles. The summed E-state index contributed by atoms with van der Waals surface area (Å²) < 4.78 is 2.99. The molecule has 2 aromatic heterocycles. The number of aliphatic hydroxyl groups is 1. The number of H-pyrrole nitrogens is 1. The highest BCUT2D eigenvalue weighted by Crippen LogP contribution is 2.30. The molecule has 2 heterocycles. The summed E-state index contributed by atoms with van der Waals surface area (Å²) >= 11 is 0. The summed E-state index contributed by atoms with van der Waals surface area (Å²) in [4.78, 5) is 39.6. The molecular formula is C18H23N5O4. The summed E-state index contributed by atoms with van der Waals surface area (Å²) in [6.45, 7) is 0. The van der Waals surface area contributed by atoms with Gasteiger partial charge in [-0.3, -0.25) is 23.8 Å². The van der Waals surface area contributed by atoms with E-state index in [1.54, 1.807) is 37.1 Å². The number of aromatic amines is 1. The first-order valence-electron chi connectivity index (χ1n) is 8.81. The maximum Gasteiger partial charge on any atom is 0.328 e. The number of likely N-dealkylation sites (N-methyl/N-ethyl adjacent to an activating group) is 1. The minimum atomic E-state index is -0.915. The summed E-state index contributed by atoms with van der Waals surface area (Å²) in [5.41, 5.74) is -0.249. The van der Waals surface area contributed by atoms with Gasteiger partial charge in [-0.25, -0.2) is 4.79 Å². The van der Waals surface area contributed by atoms with Crippen LogP contribution in [0.15, 0.2) is 40.2 Å². The Morgan fingerprint density at radius 3 is 2.81 bits per heavy atom. The first-order chi connectivity index (χ1) is 12.9. The van der Waals surface area contributed by atoms with Crippen LogP contribution >= 0.6 is 0 Å². The van der Waals surface area contributed by atoms with Crippen LogP contribution in [0, 0.1) is 0 Å². The molecule has 27 heavy (non-hydrogen) atoms. The predicted octanol–water partition coefficient (Wildman–Crippen LogP) is -0.104. The number of rotatable bonds is 4. The van der Waals surface area contributed by atoms with Crippen LogP contribution in [0.25, 0.3) is 6.08 Å². The molecule has 1 fully saturated rings. The van der Waals surface area contributed by atoms with Crippen LogP contribution in [0.1, 0.15) is 31.0 Å². The predicted molar refractivity (Wildman–Crippen MR) is 99.0 cm³/mol. The van der Waals surface area contributed by atoms with Gasteiger partial charge in [0.05, 0.1) is 23.9 Å². The van der Waals surface area contributed by atoms with Gasteiger partial charge < -0.3 is 10.0 Å². The van der Waals surface area contributed by atoms with Gasteiger partial charge in [0.2, 0.25) is 5.91 Å². The Morgan fingerprint density at radius 2 is 2.15 bits per heavy atom.